The minimum absolute atomic E-state index is 0.0464. The lowest BCUT2D eigenvalue weighted by Crippen LogP contribution is -2.31. The molecule has 1 amide bonds. The molecule has 0 spiro atoms. The number of hydrogen-bond donors (Lipinski definition) is 1. The Hall–Kier alpha value is -3.07. The number of hydrogen-bond acceptors (Lipinski definition) is 5. The Bertz CT molecular complexity index is 1270. The van der Waals surface area contributed by atoms with E-state index in [9.17, 15) is 13.2 Å². The van der Waals surface area contributed by atoms with Crippen molar-refractivity contribution in [2.24, 2.45) is 0 Å². The third-order valence-electron chi connectivity index (χ3n) is 5.01. The van der Waals surface area contributed by atoms with E-state index in [1.807, 2.05) is 0 Å². The van der Waals surface area contributed by atoms with Crippen LogP contribution in [0.1, 0.15) is 24.2 Å². The number of rotatable bonds is 6. The van der Waals surface area contributed by atoms with E-state index in [1.165, 1.54) is 16.4 Å². The lowest BCUT2D eigenvalue weighted by Gasteiger charge is -2.21. The molecule has 32 heavy (non-hydrogen) atoms. The normalized spacial score (nSPS) is 12.9. The highest BCUT2D eigenvalue weighted by Gasteiger charge is 2.31. The standard InChI is InChI=1S/C23H21ClN2O5S/c1-3-26(4-2)32(28,29)22-13-17-20(14-21(22)30-16-11-9-15(24)10-12-16)31-19-8-6-5-7-18(19)25-23(17)27/h5-14H,3-4H2,1-2H3,(H,25,27). The van der Waals surface area contributed by atoms with E-state index in [1.54, 1.807) is 62.4 Å². The van der Waals surface area contributed by atoms with Crippen molar-refractivity contribution in [3.05, 3.63) is 71.2 Å². The van der Waals surface area contributed by atoms with Gasteiger partial charge in [0.2, 0.25) is 10.0 Å². The van der Waals surface area contributed by atoms with Crippen LogP contribution in [0, 0.1) is 0 Å². The molecule has 0 saturated heterocycles. The second-order valence-corrected chi connectivity index (χ2v) is 9.34. The molecule has 3 aromatic rings. The van der Waals surface area contributed by atoms with E-state index in [0.717, 1.165) is 0 Å². The molecule has 0 aromatic heterocycles. The average molecular weight is 473 g/mol. The predicted octanol–water partition coefficient (Wildman–Crippen LogP) is 5.52. The molecule has 7 nitrogen and oxygen atoms in total. The largest absolute Gasteiger partial charge is 0.456 e. The molecule has 0 aliphatic carbocycles. The first kappa shape index (κ1) is 22.1. The van der Waals surface area contributed by atoms with Crippen molar-refractivity contribution in [1.82, 2.24) is 4.31 Å². The van der Waals surface area contributed by atoms with Crippen LogP contribution in [0.5, 0.6) is 23.0 Å². The summed E-state index contributed by atoms with van der Waals surface area (Å²) in [6, 6.07) is 16.2. The fourth-order valence-corrected chi connectivity index (χ4v) is 5.09. The maximum Gasteiger partial charge on any atom is 0.259 e. The number of fused-ring (bicyclic) bond motifs is 2. The molecule has 9 heteroatoms. The number of anilines is 1. The van der Waals surface area contributed by atoms with Gasteiger partial charge in [0, 0.05) is 24.2 Å². The lowest BCUT2D eigenvalue weighted by atomic mass is 10.1. The van der Waals surface area contributed by atoms with Gasteiger partial charge in [0.05, 0.1) is 11.3 Å². The van der Waals surface area contributed by atoms with Crippen molar-refractivity contribution < 1.29 is 22.7 Å². The van der Waals surface area contributed by atoms with Gasteiger partial charge < -0.3 is 14.8 Å². The number of amides is 1. The van der Waals surface area contributed by atoms with E-state index in [4.69, 9.17) is 21.1 Å². The van der Waals surface area contributed by atoms with Gasteiger partial charge in [-0.1, -0.05) is 37.6 Å². The highest BCUT2D eigenvalue weighted by Crippen LogP contribution is 2.42. The molecule has 3 aromatic carbocycles. The molecule has 0 radical (unpaired) electrons. The summed E-state index contributed by atoms with van der Waals surface area (Å²) in [5.74, 6) is 0.597. The van der Waals surface area contributed by atoms with Crippen LogP contribution in [0.4, 0.5) is 5.69 Å². The van der Waals surface area contributed by atoms with Gasteiger partial charge in [0.15, 0.2) is 11.5 Å². The van der Waals surface area contributed by atoms with Crippen LogP contribution in [0.2, 0.25) is 5.02 Å². The van der Waals surface area contributed by atoms with Gasteiger partial charge in [-0.05, 0) is 42.5 Å². The summed E-state index contributed by atoms with van der Waals surface area (Å²) in [6.07, 6.45) is 0. The first-order valence-electron chi connectivity index (χ1n) is 10.0. The average Bonchev–Trinajstić information content (AvgIpc) is 2.90. The van der Waals surface area contributed by atoms with Crippen molar-refractivity contribution in [1.29, 1.82) is 0 Å². The van der Waals surface area contributed by atoms with Crippen molar-refractivity contribution in [2.45, 2.75) is 18.7 Å². The number of nitrogens with zero attached hydrogens (tertiary/aromatic N) is 1. The summed E-state index contributed by atoms with van der Waals surface area (Å²) in [7, 11) is -3.95. The predicted molar refractivity (Wildman–Crippen MR) is 123 cm³/mol. The van der Waals surface area contributed by atoms with Crippen LogP contribution in [-0.2, 0) is 10.0 Å². The van der Waals surface area contributed by atoms with Crippen molar-refractivity contribution in [3.8, 4) is 23.0 Å². The van der Waals surface area contributed by atoms with Crippen molar-refractivity contribution in [3.63, 3.8) is 0 Å². The monoisotopic (exact) mass is 472 g/mol. The molecule has 1 aliphatic heterocycles. The highest BCUT2D eigenvalue weighted by atomic mass is 35.5. The van der Waals surface area contributed by atoms with Gasteiger partial charge in [-0.15, -0.1) is 0 Å². The summed E-state index contributed by atoms with van der Waals surface area (Å²) in [4.78, 5) is 12.8. The molecule has 166 valence electrons. The number of sulfonamides is 1. The molecule has 0 atom stereocenters. The highest BCUT2D eigenvalue weighted by molar-refractivity contribution is 7.89. The molecule has 0 unspecified atom stereocenters. The third kappa shape index (κ3) is 4.17. The second kappa shape index (κ2) is 8.82. The molecule has 1 heterocycles. The number of ether oxygens (including phenoxy) is 2. The van der Waals surface area contributed by atoms with Crippen LogP contribution in [0.25, 0.3) is 0 Å². The fraction of sp³-hybridized carbons (Fsp3) is 0.174. The van der Waals surface area contributed by atoms with Gasteiger partial charge in [0.1, 0.15) is 16.4 Å². The first-order valence-corrected chi connectivity index (χ1v) is 11.8. The fourth-order valence-electron chi connectivity index (χ4n) is 3.38. The second-order valence-electron chi connectivity index (χ2n) is 6.99. The van der Waals surface area contributed by atoms with Gasteiger partial charge >= 0.3 is 0 Å². The van der Waals surface area contributed by atoms with E-state index < -0.39 is 15.9 Å². The molecule has 1 aliphatic rings. The van der Waals surface area contributed by atoms with Gasteiger partial charge in [-0.2, -0.15) is 4.31 Å². The van der Waals surface area contributed by atoms with Gasteiger partial charge in [-0.25, -0.2) is 8.42 Å². The molecule has 0 bridgehead atoms. The number of para-hydroxylation sites is 2. The third-order valence-corrected chi connectivity index (χ3v) is 7.33. The Morgan fingerprint density at radius 2 is 1.69 bits per heavy atom. The van der Waals surface area contributed by atoms with E-state index >= 15 is 0 Å². The molecule has 0 saturated carbocycles. The van der Waals surface area contributed by atoms with Crippen LogP contribution in [-0.4, -0.2) is 31.7 Å². The number of benzene rings is 3. The molecule has 4 rings (SSSR count). The van der Waals surface area contributed by atoms with Crippen LogP contribution in [0.3, 0.4) is 0 Å². The topological polar surface area (TPSA) is 84.9 Å². The molecule has 0 fully saturated rings. The number of halogens is 1. The summed E-state index contributed by atoms with van der Waals surface area (Å²) < 4.78 is 40.0. The molecular weight excluding hydrogens is 452 g/mol. The number of carbonyl (C=O) groups is 1. The Kier molecular flexibility index (Phi) is 6.10. The van der Waals surface area contributed by atoms with Gasteiger partial charge in [-0.3, -0.25) is 4.79 Å². The maximum atomic E-state index is 13.4. The maximum absolute atomic E-state index is 13.4. The summed E-state index contributed by atoms with van der Waals surface area (Å²) >= 11 is 5.95. The summed E-state index contributed by atoms with van der Waals surface area (Å²) in [5.41, 5.74) is 0.581. The van der Waals surface area contributed by atoms with Gasteiger partial charge in [0.25, 0.3) is 5.91 Å². The molecular formula is C23H21ClN2O5S. The van der Waals surface area contributed by atoms with E-state index in [-0.39, 0.29) is 35.0 Å². The zero-order valence-corrected chi connectivity index (χ0v) is 19.0. The van der Waals surface area contributed by atoms with Crippen molar-refractivity contribution >= 4 is 33.2 Å². The summed E-state index contributed by atoms with van der Waals surface area (Å²) in [6.45, 7) is 4.03. The molecule has 1 N–H and O–H groups in total. The Morgan fingerprint density at radius 3 is 2.38 bits per heavy atom. The SMILES string of the molecule is CCN(CC)S(=O)(=O)c1cc2c(cc1Oc1ccc(Cl)cc1)Oc1ccccc1NC2=O. The smallest absolute Gasteiger partial charge is 0.259 e. The lowest BCUT2D eigenvalue weighted by molar-refractivity contribution is 0.102. The summed E-state index contributed by atoms with van der Waals surface area (Å²) in [5, 5.41) is 3.28. The van der Waals surface area contributed by atoms with Crippen LogP contribution >= 0.6 is 11.6 Å². The number of nitrogens with one attached hydrogen (secondary N) is 1. The number of carbonyl (C=O) groups excluding carboxylic acids is 1. The minimum Gasteiger partial charge on any atom is -0.456 e. The van der Waals surface area contributed by atoms with Crippen LogP contribution in [0.15, 0.2) is 65.6 Å². The van der Waals surface area contributed by atoms with Crippen LogP contribution < -0.4 is 14.8 Å². The first-order chi connectivity index (χ1) is 15.3. The van der Waals surface area contributed by atoms with Crippen molar-refractivity contribution in [2.75, 3.05) is 18.4 Å². The van der Waals surface area contributed by atoms with E-state index in [0.29, 0.717) is 22.2 Å². The zero-order valence-electron chi connectivity index (χ0n) is 17.5. The minimum atomic E-state index is -3.95. The zero-order chi connectivity index (χ0) is 22.9. The Morgan fingerprint density at radius 1 is 1.00 bits per heavy atom. The Balaban J connectivity index is 1.89. The Labute approximate surface area is 191 Å². The van der Waals surface area contributed by atoms with E-state index in [2.05, 4.69) is 5.32 Å². The quantitative estimate of drug-likeness (QED) is 0.510.